The maximum absolute atomic E-state index is 13.6. The van der Waals surface area contributed by atoms with Crippen LogP contribution >= 0.6 is 37.2 Å². The Hall–Kier alpha value is -2.07. The Morgan fingerprint density at radius 1 is 1.08 bits per heavy atom. The number of benzene rings is 2. The van der Waals surface area contributed by atoms with Gasteiger partial charge in [0.05, 0.1) is 24.6 Å². The molecule has 2 aliphatic heterocycles. The highest BCUT2D eigenvalue weighted by Crippen LogP contribution is 2.36. The minimum atomic E-state index is -0.106. The van der Waals surface area contributed by atoms with Gasteiger partial charge >= 0.3 is 0 Å². The van der Waals surface area contributed by atoms with Crippen molar-refractivity contribution in [3.63, 3.8) is 0 Å². The number of likely N-dealkylation sites (tertiary alicyclic amines) is 1. The molecule has 2 unspecified atom stereocenters. The predicted molar refractivity (Wildman–Crippen MR) is 160 cm³/mol. The molecule has 2 N–H and O–H groups in total. The number of halogens is 3. The van der Waals surface area contributed by atoms with Crippen LogP contribution in [0.25, 0.3) is 10.9 Å². The zero-order chi connectivity index (χ0) is 24.4. The number of hydrogen-bond donors (Lipinski definition) is 2. The van der Waals surface area contributed by atoms with Crippen molar-refractivity contribution in [2.24, 2.45) is 0 Å². The molecule has 2 atom stereocenters. The van der Waals surface area contributed by atoms with E-state index in [4.69, 9.17) is 14.5 Å². The van der Waals surface area contributed by atoms with Crippen LogP contribution in [0.4, 0.5) is 5.95 Å². The van der Waals surface area contributed by atoms with E-state index in [9.17, 15) is 4.79 Å². The summed E-state index contributed by atoms with van der Waals surface area (Å²) in [5, 5.41) is 4.26. The number of methoxy groups -OCH3 is 2. The Kier molecular flexibility index (Phi) is 12.1. The SMILES string of the molecule is COCCNC1c2ccccc2CCN1c1nc2cc(OC)cc(C3CCCCN3C)c2c(=O)[nH]1.Cl.Cl.Cl. The zero-order valence-electron chi connectivity index (χ0n) is 22.1. The maximum Gasteiger partial charge on any atom is 0.260 e. The third kappa shape index (κ3) is 6.38. The van der Waals surface area contributed by atoms with E-state index in [1.165, 1.54) is 17.5 Å². The summed E-state index contributed by atoms with van der Waals surface area (Å²) in [4.78, 5) is 26.2. The van der Waals surface area contributed by atoms with E-state index in [0.29, 0.717) is 30.0 Å². The molecule has 5 rings (SSSR count). The highest BCUT2D eigenvalue weighted by Gasteiger charge is 2.30. The van der Waals surface area contributed by atoms with Crippen molar-refractivity contribution >= 4 is 54.1 Å². The van der Waals surface area contributed by atoms with E-state index in [1.807, 2.05) is 12.1 Å². The van der Waals surface area contributed by atoms with E-state index in [0.717, 1.165) is 43.7 Å². The first-order chi connectivity index (χ1) is 17.1. The fraction of sp³-hybridized carbons (Fsp3) is 0.481. The molecular weight excluding hydrogens is 549 g/mol. The molecule has 3 aromatic rings. The first-order valence-electron chi connectivity index (χ1n) is 12.5. The number of ether oxygens (including phenoxy) is 2. The quantitative estimate of drug-likeness (QED) is 0.390. The molecule has 1 fully saturated rings. The number of nitrogens with one attached hydrogen (secondary N) is 2. The summed E-state index contributed by atoms with van der Waals surface area (Å²) < 4.78 is 10.9. The Labute approximate surface area is 242 Å². The molecule has 0 bridgehead atoms. The molecule has 210 valence electrons. The number of anilines is 1. The highest BCUT2D eigenvalue weighted by atomic mass is 35.5. The van der Waals surface area contributed by atoms with E-state index in [2.05, 4.69) is 51.4 Å². The second-order valence-electron chi connectivity index (χ2n) is 9.48. The van der Waals surface area contributed by atoms with Gasteiger partial charge in [0.15, 0.2) is 0 Å². The summed E-state index contributed by atoms with van der Waals surface area (Å²) in [7, 11) is 5.50. The van der Waals surface area contributed by atoms with Gasteiger partial charge in [-0.2, -0.15) is 0 Å². The minimum Gasteiger partial charge on any atom is -0.497 e. The van der Waals surface area contributed by atoms with Crippen LogP contribution in [-0.2, 0) is 11.2 Å². The van der Waals surface area contributed by atoms with Crippen molar-refractivity contribution in [2.45, 2.75) is 37.9 Å². The number of H-pyrrole nitrogens is 1. The topological polar surface area (TPSA) is 82.7 Å². The van der Waals surface area contributed by atoms with Crippen LogP contribution in [0, 0.1) is 0 Å². The number of aromatic nitrogens is 2. The van der Waals surface area contributed by atoms with Crippen molar-refractivity contribution < 1.29 is 9.47 Å². The Morgan fingerprint density at radius 3 is 2.61 bits per heavy atom. The lowest BCUT2D eigenvalue weighted by atomic mass is 9.93. The van der Waals surface area contributed by atoms with E-state index in [-0.39, 0.29) is 55.0 Å². The first kappa shape index (κ1) is 32.1. The van der Waals surface area contributed by atoms with Crippen LogP contribution in [0.2, 0.25) is 0 Å². The summed E-state index contributed by atoms with van der Waals surface area (Å²) in [6.45, 7) is 3.06. The molecule has 1 saturated heterocycles. The molecule has 1 aromatic heterocycles. The number of hydrogen-bond acceptors (Lipinski definition) is 7. The molecule has 0 amide bonds. The van der Waals surface area contributed by atoms with Gasteiger partial charge in [0.1, 0.15) is 11.9 Å². The lowest BCUT2D eigenvalue weighted by Gasteiger charge is -2.38. The molecule has 0 radical (unpaired) electrons. The Balaban J connectivity index is 0.00000169. The summed E-state index contributed by atoms with van der Waals surface area (Å²) in [6, 6.07) is 12.5. The average Bonchev–Trinajstić information content (AvgIpc) is 2.88. The third-order valence-electron chi connectivity index (χ3n) is 7.36. The van der Waals surface area contributed by atoms with E-state index in [1.54, 1.807) is 14.2 Å². The van der Waals surface area contributed by atoms with Gasteiger partial charge in [-0.25, -0.2) is 4.98 Å². The first-order valence-corrected chi connectivity index (χ1v) is 12.5. The fourth-order valence-corrected chi connectivity index (χ4v) is 5.56. The van der Waals surface area contributed by atoms with Crippen molar-refractivity contribution in [3.8, 4) is 5.75 Å². The number of aromatic amines is 1. The molecule has 2 aromatic carbocycles. The van der Waals surface area contributed by atoms with Gasteiger partial charge in [0.25, 0.3) is 5.56 Å². The normalized spacial score (nSPS) is 19.1. The van der Waals surface area contributed by atoms with Gasteiger partial charge in [-0.3, -0.25) is 20.0 Å². The molecule has 2 aliphatic rings. The number of piperidine rings is 1. The lowest BCUT2D eigenvalue weighted by molar-refractivity contribution is 0.188. The maximum atomic E-state index is 13.6. The van der Waals surface area contributed by atoms with Crippen LogP contribution in [0.15, 0.2) is 41.2 Å². The standard InChI is InChI=1S/C27H35N5O3.3ClH/c1-31-13-7-6-10-23(31)21-16-19(35-3)17-22-24(21)26(33)30-27(29-22)32-14-11-18-8-4-5-9-20(18)25(32)28-12-15-34-2;;;/h4-5,8-9,16-17,23,25,28H,6-7,10-15H2,1-3H3,(H,29,30,33);3*1H. The molecule has 3 heterocycles. The number of rotatable bonds is 7. The summed E-state index contributed by atoms with van der Waals surface area (Å²) >= 11 is 0. The molecule has 0 spiro atoms. The van der Waals surface area contributed by atoms with Crippen molar-refractivity contribution in [3.05, 3.63) is 63.4 Å². The summed E-state index contributed by atoms with van der Waals surface area (Å²) in [5.74, 6) is 1.30. The lowest BCUT2D eigenvalue weighted by Crippen LogP contribution is -2.45. The van der Waals surface area contributed by atoms with Gasteiger partial charge in [0.2, 0.25) is 5.95 Å². The van der Waals surface area contributed by atoms with Crippen LogP contribution in [-0.4, -0.2) is 62.4 Å². The van der Waals surface area contributed by atoms with Crippen molar-refractivity contribution in [1.82, 2.24) is 20.2 Å². The second kappa shape index (κ2) is 14.4. The van der Waals surface area contributed by atoms with Gasteiger partial charge < -0.3 is 14.4 Å². The minimum absolute atomic E-state index is 0. The average molecular weight is 587 g/mol. The Morgan fingerprint density at radius 2 is 1.87 bits per heavy atom. The Bertz CT molecular complexity index is 1260. The smallest absolute Gasteiger partial charge is 0.260 e. The van der Waals surface area contributed by atoms with E-state index >= 15 is 0 Å². The van der Waals surface area contributed by atoms with Gasteiger partial charge in [0, 0.05) is 32.3 Å². The van der Waals surface area contributed by atoms with Crippen LogP contribution in [0.3, 0.4) is 0 Å². The van der Waals surface area contributed by atoms with Crippen LogP contribution in [0.5, 0.6) is 5.75 Å². The molecule has 8 nitrogen and oxygen atoms in total. The fourth-order valence-electron chi connectivity index (χ4n) is 5.56. The van der Waals surface area contributed by atoms with Crippen LogP contribution in [0.1, 0.15) is 48.2 Å². The van der Waals surface area contributed by atoms with Crippen LogP contribution < -0.4 is 20.5 Å². The summed E-state index contributed by atoms with van der Waals surface area (Å²) in [5.41, 5.74) is 4.09. The van der Waals surface area contributed by atoms with Gasteiger partial charge in [-0.05, 0) is 55.6 Å². The number of fused-ring (bicyclic) bond motifs is 2. The highest BCUT2D eigenvalue weighted by molar-refractivity contribution is 5.86. The number of nitrogens with zero attached hydrogens (tertiary/aromatic N) is 3. The zero-order valence-corrected chi connectivity index (χ0v) is 24.5. The molecule has 0 aliphatic carbocycles. The van der Waals surface area contributed by atoms with E-state index < -0.39 is 0 Å². The monoisotopic (exact) mass is 585 g/mol. The predicted octanol–water partition coefficient (Wildman–Crippen LogP) is 4.65. The molecule has 11 heteroatoms. The third-order valence-corrected chi connectivity index (χ3v) is 7.36. The molecular formula is C27H38Cl3N5O3. The van der Waals surface area contributed by atoms with Gasteiger partial charge in [-0.1, -0.05) is 30.7 Å². The molecule has 38 heavy (non-hydrogen) atoms. The largest absolute Gasteiger partial charge is 0.497 e. The summed E-state index contributed by atoms with van der Waals surface area (Å²) in [6.07, 6.45) is 4.14. The molecule has 0 saturated carbocycles. The second-order valence-corrected chi connectivity index (χ2v) is 9.48. The van der Waals surface area contributed by atoms with Crippen molar-refractivity contribution in [1.29, 1.82) is 0 Å². The van der Waals surface area contributed by atoms with Crippen molar-refractivity contribution in [2.75, 3.05) is 52.4 Å². The van der Waals surface area contributed by atoms with Gasteiger partial charge in [-0.15, -0.1) is 37.2 Å².